The van der Waals surface area contributed by atoms with Crippen LogP contribution in [0, 0.1) is 0 Å². The van der Waals surface area contributed by atoms with Crippen LogP contribution in [0.3, 0.4) is 0 Å². The van der Waals surface area contributed by atoms with Gasteiger partial charge >= 0.3 is 0 Å². The van der Waals surface area contributed by atoms with Gasteiger partial charge in [-0.3, -0.25) is 0 Å². The Labute approximate surface area is 222 Å². The van der Waals surface area contributed by atoms with Gasteiger partial charge in [-0.15, -0.1) is 0 Å². The van der Waals surface area contributed by atoms with E-state index in [1.165, 1.54) is 31.1 Å². The maximum Gasteiger partial charge on any atom is 0.0935 e. The van der Waals surface area contributed by atoms with Crippen molar-refractivity contribution in [2.45, 2.75) is 38.5 Å². The van der Waals surface area contributed by atoms with E-state index in [2.05, 4.69) is 84.7 Å². The normalized spacial score (nSPS) is 22.3. The maximum absolute atomic E-state index is 5.83. The first kappa shape index (κ1) is 31.1. The largest absolute Gasteiger partial charge is 0.248 e. The molecule has 30 heavy (non-hydrogen) atoms. The summed E-state index contributed by atoms with van der Waals surface area (Å²) in [5.74, 6) is 5.69. The van der Waals surface area contributed by atoms with Crippen molar-refractivity contribution >= 4 is 99.4 Å². The van der Waals surface area contributed by atoms with Gasteiger partial charge in [0.1, 0.15) is 0 Å². The van der Waals surface area contributed by atoms with Gasteiger partial charge < -0.3 is 0 Å². The highest BCUT2D eigenvalue weighted by Gasteiger charge is 2.42. The summed E-state index contributed by atoms with van der Waals surface area (Å²) in [6, 6.07) is 0. The fraction of sp³-hybridized carbons (Fsp3) is 1.00. The van der Waals surface area contributed by atoms with Crippen LogP contribution in [-0.2, 0) is 0 Å². The molecular formula is C18H42N3P3S6. The summed E-state index contributed by atoms with van der Waals surface area (Å²) in [6.45, 7) is 2.26. The fourth-order valence-corrected chi connectivity index (χ4v) is 19.5. The van der Waals surface area contributed by atoms with Gasteiger partial charge in [-0.1, -0.05) is 0 Å². The molecule has 2 atom stereocenters. The third kappa shape index (κ3) is 10.4. The predicted molar refractivity (Wildman–Crippen MR) is 167 cm³/mol. The highest BCUT2D eigenvalue weighted by Crippen LogP contribution is 2.78. The van der Waals surface area contributed by atoms with E-state index in [1.807, 2.05) is 0 Å². The Morgan fingerprint density at radius 2 is 1.10 bits per heavy atom. The number of rotatable bonds is 18. The van der Waals surface area contributed by atoms with E-state index in [4.69, 9.17) is 4.52 Å². The molecule has 1 rings (SSSR count). The Bertz CT molecular complexity index is 480. The molecule has 0 saturated heterocycles. The van der Waals surface area contributed by atoms with Crippen molar-refractivity contribution in [1.82, 2.24) is 8.88 Å². The van der Waals surface area contributed by atoms with Crippen molar-refractivity contribution in [3.05, 3.63) is 0 Å². The second kappa shape index (κ2) is 19.3. The van der Waals surface area contributed by atoms with Crippen LogP contribution in [-0.4, -0.2) is 81.1 Å². The lowest BCUT2D eigenvalue weighted by Gasteiger charge is -2.52. The van der Waals surface area contributed by atoms with Crippen molar-refractivity contribution in [1.29, 1.82) is 0 Å². The summed E-state index contributed by atoms with van der Waals surface area (Å²) in [7, 11) is -2.35. The topological polar surface area (TPSA) is 18.8 Å². The smallest absolute Gasteiger partial charge is 0.0935 e. The minimum Gasteiger partial charge on any atom is -0.248 e. The lowest BCUT2D eigenvalue weighted by Crippen LogP contribution is -2.33. The Balaban J connectivity index is 3.46. The van der Waals surface area contributed by atoms with E-state index >= 15 is 0 Å². The molecule has 180 valence electrons. The molecule has 1 heterocycles. The van der Waals surface area contributed by atoms with Gasteiger partial charge in [-0.2, -0.15) is 75.8 Å². The Hall–Kier alpha value is 3.11. The van der Waals surface area contributed by atoms with E-state index in [-0.39, 0.29) is 8.22 Å². The fourth-order valence-electron chi connectivity index (χ4n) is 3.57. The van der Waals surface area contributed by atoms with E-state index in [9.17, 15) is 0 Å². The molecular weight excluding hydrogens is 544 g/mol. The standard InChI is InChI=1S/C18H42N3P3S6/c25-13-1-7-20-22(9-3-15-27)19-24(11-5-17-29,12-6-18-30)21(8-2-14-26)23(20)10-4-16-28/h25-30H,1-18H2. The number of hydrogen-bond acceptors (Lipinski definition) is 9. The van der Waals surface area contributed by atoms with Crippen molar-refractivity contribution in [3.63, 3.8) is 0 Å². The Morgan fingerprint density at radius 1 is 0.600 bits per heavy atom. The average molecular weight is 586 g/mol. The summed E-state index contributed by atoms with van der Waals surface area (Å²) in [5, 5.41) is 0. The molecule has 0 radical (unpaired) electrons. The van der Waals surface area contributed by atoms with Gasteiger partial charge in [0.2, 0.25) is 0 Å². The quantitative estimate of drug-likeness (QED) is 0.0752. The molecule has 3 nitrogen and oxygen atoms in total. The van der Waals surface area contributed by atoms with Gasteiger partial charge in [0, 0.05) is 34.7 Å². The molecule has 1 aliphatic heterocycles. The van der Waals surface area contributed by atoms with Crippen LogP contribution in [0.2, 0.25) is 0 Å². The Kier molecular flexibility index (Phi) is 20.1. The molecule has 2 unspecified atom stereocenters. The molecule has 0 aromatic rings. The molecule has 0 aromatic carbocycles. The predicted octanol–water partition coefficient (Wildman–Crippen LogP) is 7.26. The first-order valence-electron chi connectivity index (χ1n) is 11.0. The molecule has 1 aliphatic rings. The zero-order chi connectivity index (χ0) is 22.2. The van der Waals surface area contributed by atoms with Crippen molar-refractivity contribution < 1.29 is 0 Å². The third-order valence-electron chi connectivity index (χ3n) is 4.91. The van der Waals surface area contributed by atoms with E-state index in [0.29, 0.717) is 0 Å². The van der Waals surface area contributed by atoms with Gasteiger partial charge in [-0.05, 0) is 91.5 Å². The maximum atomic E-state index is 5.83. The Morgan fingerprint density at radius 3 is 1.63 bits per heavy atom. The molecule has 0 N–H and O–H groups in total. The van der Waals surface area contributed by atoms with Gasteiger partial charge in [0.05, 0.1) is 8.22 Å². The van der Waals surface area contributed by atoms with Crippen LogP contribution >= 0.6 is 99.4 Å². The average Bonchev–Trinajstić information content (AvgIpc) is 2.76. The van der Waals surface area contributed by atoms with Gasteiger partial charge in [0.25, 0.3) is 0 Å². The monoisotopic (exact) mass is 585 g/mol. The van der Waals surface area contributed by atoms with E-state index < -0.39 is 15.4 Å². The first-order valence-corrected chi connectivity index (χ1v) is 19.7. The van der Waals surface area contributed by atoms with Crippen molar-refractivity contribution in [2.75, 3.05) is 72.3 Å². The van der Waals surface area contributed by atoms with E-state index in [0.717, 1.165) is 79.7 Å². The van der Waals surface area contributed by atoms with Crippen LogP contribution in [0.25, 0.3) is 0 Å². The highest BCUT2D eigenvalue weighted by molar-refractivity contribution is 7.85. The van der Waals surface area contributed by atoms with Crippen molar-refractivity contribution in [2.24, 2.45) is 4.52 Å². The molecule has 0 amide bonds. The number of hydrogen-bond donors (Lipinski definition) is 6. The van der Waals surface area contributed by atoms with Crippen LogP contribution in [0.5, 0.6) is 0 Å². The minimum atomic E-state index is -1.55. The SMILES string of the molecule is SCCCN1P(CCCS)N=P(CCCS)(CCCS)N(CCCS)P1CCCS. The minimum absolute atomic E-state index is 0.345. The number of thiol groups is 6. The van der Waals surface area contributed by atoms with Crippen molar-refractivity contribution in [3.8, 4) is 0 Å². The second-order valence-corrected chi connectivity index (χ2v) is 18.3. The molecule has 0 fully saturated rings. The molecule has 0 saturated carbocycles. The summed E-state index contributed by atoms with van der Waals surface area (Å²) < 4.78 is 11.6. The van der Waals surface area contributed by atoms with Gasteiger partial charge in [-0.25, -0.2) is 13.4 Å². The van der Waals surface area contributed by atoms with Crippen LogP contribution in [0.1, 0.15) is 38.5 Å². The highest BCUT2D eigenvalue weighted by atomic mass is 32.1. The molecule has 0 aromatic heterocycles. The molecule has 0 aliphatic carbocycles. The molecule has 0 bridgehead atoms. The summed E-state index contributed by atoms with van der Waals surface area (Å²) in [6.07, 6.45) is 11.8. The zero-order valence-electron chi connectivity index (χ0n) is 18.1. The summed E-state index contributed by atoms with van der Waals surface area (Å²) in [5.41, 5.74) is 0. The third-order valence-corrected chi connectivity index (χ3v) is 18.6. The van der Waals surface area contributed by atoms with Gasteiger partial charge in [0.15, 0.2) is 0 Å². The van der Waals surface area contributed by atoms with Crippen LogP contribution in [0.15, 0.2) is 4.52 Å². The number of nitrogens with zero attached hydrogens (tertiary/aromatic N) is 3. The van der Waals surface area contributed by atoms with Crippen LogP contribution in [0.4, 0.5) is 0 Å². The lowest BCUT2D eigenvalue weighted by atomic mass is 10.5. The second-order valence-electron chi connectivity index (χ2n) is 7.26. The van der Waals surface area contributed by atoms with Crippen LogP contribution < -0.4 is 0 Å². The summed E-state index contributed by atoms with van der Waals surface area (Å²) >= 11 is 27.3. The van der Waals surface area contributed by atoms with E-state index in [1.54, 1.807) is 0 Å². The zero-order valence-corrected chi connectivity index (χ0v) is 26.1. The first-order chi connectivity index (χ1) is 14.6. The lowest BCUT2D eigenvalue weighted by molar-refractivity contribution is 0.584. The molecule has 0 spiro atoms. The summed E-state index contributed by atoms with van der Waals surface area (Å²) in [4.78, 5) is 0. The molecule has 12 heteroatoms.